The Morgan fingerprint density at radius 1 is 1.47 bits per heavy atom. The summed E-state index contributed by atoms with van der Waals surface area (Å²) in [6.07, 6.45) is 6.89. The van der Waals surface area contributed by atoms with E-state index in [1.54, 1.807) is 33.9 Å². The molecule has 0 aliphatic heterocycles. The van der Waals surface area contributed by atoms with E-state index in [2.05, 4.69) is 22.1 Å². The number of hydrogen-bond acceptors (Lipinski definition) is 3. The summed E-state index contributed by atoms with van der Waals surface area (Å²) in [5.74, 6) is -0.205. The molecule has 1 amide bonds. The fraction of sp³-hybridized carbons (Fsp3) is 0.182. The highest BCUT2D eigenvalue weighted by Crippen LogP contribution is 1.96. The monoisotopic (exact) mass is 231 g/mol. The van der Waals surface area contributed by atoms with Crippen molar-refractivity contribution in [3.8, 4) is 0 Å². The molecule has 0 aromatic carbocycles. The van der Waals surface area contributed by atoms with Crippen molar-refractivity contribution in [2.75, 3.05) is 6.54 Å². The van der Waals surface area contributed by atoms with Crippen molar-refractivity contribution in [2.24, 2.45) is 0 Å². The quantitative estimate of drug-likeness (QED) is 0.762. The molecule has 2 rings (SSSR count). The van der Waals surface area contributed by atoms with Crippen LogP contribution in [0.5, 0.6) is 0 Å². The molecule has 2 aromatic rings. The third-order valence-electron chi connectivity index (χ3n) is 2.13. The predicted octanol–water partition coefficient (Wildman–Crippen LogP) is 0.501. The van der Waals surface area contributed by atoms with Gasteiger partial charge in [-0.25, -0.2) is 0 Å². The van der Waals surface area contributed by atoms with Crippen molar-refractivity contribution >= 4 is 5.91 Å². The Bertz CT molecular complexity index is 500. The molecular formula is C11H13N5O. The van der Waals surface area contributed by atoms with Crippen LogP contribution >= 0.6 is 0 Å². The van der Waals surface area contributed by atoms with E-state index in [9.17, 15) is 4.79 Å². The van der Waals surface area contributed by atoms with E-state index < -0.39 is 0 Å². The second kappa shape index (κ2) is 5.11. The van der Waals surface area contributed by atoms with Crippen LogP contribution in [-0.2, 0) is 6.67 Å². The van der Waals surface area contributed by atoms with Gasteiger partial charge in [0.25, 0.3) is 5.91 Å². The molecule has 2 heterocycles. The first-order valence-corrected chi connectivity index (χ1v) is 5.19. The lowest BCUT2D eigenvalue weighted by atomic mass is 10.4. The van der Waals surface area contributed by atoms with Gasteiger partial charge in [0, 0.05) is 25.1 Å². The highest BCUT2D eigenvalue weighted by molar-refractivity contribution is 5.92. The Morgan fingerprint density at radius 2 is 2.35 bits per heavy atom. The normalized spacial score (nSPS) is 10.1. The number of carbonyl (C=O) groups excluding carboxylic acids is 1. The summed E-state index contributed by atoms with van der Waals surface area (Å²) in [6.45, 7) is 4.45. The van der Waals surface area contributed by atoms with E-state index in [4.69, 9.17) is 0 Å². The molecule has 0 atom stereocenters. The van der Waals surface area contributed by atoms with E-state index in [-0.39, 0.29) is 5.91 Å². The summed E-state index contributed by atoms with van der Waals surface area (Å²) in [5.41, 5.74) is 0.388. The molecule has 0 aliphatic carbocycles. The molecule has 0 saturated carbocycles. The SMILES string of the molecule is C=CCNC(=O)c1ccn(Cn2cccn2)n1. The van der Waals surface area contributed by atoms with Gasteiger partial charge in [0.2, 0.25) is 0 Å². The Hall–Kier alpha value is -2.37. The molecule has 6 nitrogen and oxygen atoms in total. The number of hydrogen-bond donors (Lipinski definition) is 1. The van der Waals surface area contributed by atoms with Gasteiger partial charge in [-0.1, -0.05) is 6.08 Å². The van der Waals surface area contributed by atoms with E-state index in [0.717, 1.165) is 0 Å². The van der Waals surface area contributed by atoms with Crippen molar-refractivity contribution < 1.29 is 4.79 Å². The third-order valence-corrected chi connectivity index (χ3v) is 2.13. The van der Waals surface area contributed by atoms with Crippen LogP contribution in [0.4, 0.5) is 0 Å². The average molecular weight is 231 g/mol. The second-order valence-electron chi connectivity index (χ2n) is 3.43. The van der Waals surface area contributed by atoms with Crippen LogP contribution in [0.2, 0.25) is 0 Å². The summed E-state index contributed by atoms with van der Waals surface area (Å²) in [6, 6.07) is 3.50. The van der Waals surface area contributed by atoms with E-state index in [1.165, 1.54) is 0 Å². The van der Waals surface area contributed by atoms with Crippen LogP contribution in [0.15, 0.2) is 43.4 Å². The van der Waals surface area contributed by atoms with Crippen molar-refractivity contribution in [2.45, 2.75) is 6.67 Å². The molecule has 6 heteroatoms. The average Bonchev–Trinajstić information content (AvgIpc) is 2.98. The largest absolute Gasteiger partial charge is 0.347 e. The molecule has 0 aliphatic rings. The smallest absolute Gasteiger partial charge is 0.272 e. The van der Waals surface area contributed by atoms with Gasteiger partial charge in [-0.15, -0.1) is 6.58 Å². The number of nitrogens with one attached hydrogen (secondary N) is 1. The van der Waals surface area contributed by atoms with Gasteiger partial charge in [-0.05, 0) is 12.1 Å². The summed E-state index contributed by atoms with van der Waals surface area (Å²) < 4.78 is 3.37. The van der Waals surface area contributed by atoms with Crippen LogP contribution in [-0.4, -0.2) is 32.0 Å². The molecule has 0 fully saturated rings. The van der Waals surface area contributed by atoms with Gasteiger partial charge in [0.15, 0.2) is 0 Å². The fourth-order valence-corrected chi connectivity index (χ4v) is 1.35. The minimum Gasteiger partial charge on any atom is -0.347 e. The lowest BCUT2D eigenvalue weighted by molar-refractivity contribution is 0.0952. The molecule has 2 aromatic heterocycles. The van der Waals surface area contributed by atoms with Crippen molar-refractivity contribution in [1.82, 2.24) is 24.9 Å². The zero-order valence-electron chi connectivity index (χ0n) is 9.28. The molecule has 0 saturated heterocycles. The Labute approximate surface area is 98.5 Å². The van der Waals surface area contributed by atoms with Gasteiger partial charge in [0.1, 0.15) is 12.4 Å². The molecule has 17 heavy (non-hydrogen) atoms. The molecule has 0 unspecified atom stereocenters. The number of nitrogens with zero attached hydrogens (tertiary/aromatic N) is 4. The van der Waals surface area contributed by atoms with Crippen LogP contribution in [0.25, 0.3) is 0 Å². The number of amides is 1. The zero-order chi connectivity index (χ0) is 12.1. The molecule has 0 radical (unpaired) electrons. The summed E-state index contributed by atoms with van der Waals surface area (Å²) >= 11 is 0. The lowest BCUT2D eigenvalue weighted by Crippen LogP contribution is -2.24. The topological polar surface area (TPSA) is 64.7 Å². The second-order valence-corrected chi connectivity index (χ2v) is 3.43. The number of rotatable bonds is 5. The van der Waals surface area contributed by atoms with Gasteiger partial charge in [-0.2, -0.15) is 10.2 Å². The maximum atomic E-state index is 11.6. The van der Waals surface area contributed by atoms with Gasteiger partial charge < -0.3 is 5.32 Å². The first-order valence-electron chi connectivity index (χ1n) is 5.19. The predicted molar refractivity (Wildman–Crippen MR) is 62.4 cm³/mol. The first kappa shape index (κ1) is 11.1. The minimum absolute atomic E-state index is 0.205. The van der Waals surface area contributed by atoms with E-state index >= 15 is 0 Å². The van der Waals surface area contributed by atoms with Crippen LogP contribution in [0.1, 0.15) is 10.5 Å². The van der Waals surface area contributed by atoms with Crippen LogP contribution < -0.4 is 5.32 Å². The number of aromatic nitrogens is 4. The minimum atomic E-state index is -0.205. The maximum absolute atomic E-state index is 11.6. The number of carbonyl (C=O) groups is 1. The Balaban J connectivity index is 2.00. The third kappa shape index (κ3) is 2.81. The maximum Gasteiger partial charge on any atom is 0.272 e. The van der Waals surface area contributed by atoms with Crippen LogP contribution in [0, 0.1) is 0 Å². The van der Waals surface area contributed by atoms with E-state index in [1.807, 2.05) is 12.3 Å². The van der Waals surface area contributed by atoms with Gasteiger partial charge in [-0.3, -0.25) is 14.2 Å². The van der Waals surface area contributed by atoms with E-state index in [0.29, 0.717) is 18.9 Å². The Morgan fingerprint density at radius 3 is 3.06 bits per heavy atom. The highest BCUT2D eigenvalue weighted by atomic mass is 16.1. The van der Waals surface area contributed by atoms with Crippen LogP contribution in [0.3, 0.4) is 0 Å². The summed E-state index contributed by atoms with van der Waals surface area (Å²) in [5, 5.41) is 10.9. The first-order chi connectivity index (χ1) is 8.29. The summed E-state index contributed by atoms with van der Waals surface area (Å²) in [7, 11) is 0. The molecule has 1 N–H and O–H groups in total. The zero-order valence-corrected chi connectivity index (χ0v) is 9.28. The molecule has 0 spiro atoms. The highest BCUT2D eigenvalue weighted by Gasteiger charge is 2.07. The Kier molecular flexibility index (Phi) is 3.34. The summed E-state index contributed by atoms with van der Waals surface area (Å²) in [4.78, 5) is 11.6. The molecular weight excluding hydrogens is 218 g/mol. The van der Waals surface area contributed by atoms with Gasteiger partial charge in [0.05, 0.1) is 0 Å². The fourth-order valence-electron chi connectivity index (χ4n) is 1.35. The van der Waals surface area contributed by atoms with Crippen molar-refractivity contribution in [3.63, 3.8) is 0 Å². The van der Waals surface area contributed by atoms with Crippen molar-refractivity contribution in [1.29, 1.82) is 0 Å². The van der Waals surface area contributed by atoms with Gasteiger partial charge >= 0.3 is 0 Å². The lowest BCUT2D eigenvalue weighted by Gasteiger charge is -2.01. The molecule has 88 valence electrons. The molecule has 0 bridgehead atoms. The standard InChI is InChI=1S/C11H13N5O/c1-2-5-12-11(17)10-4-8-16(14-10)9-15-7-3-6-13-15/h2-4,6-8H,1,5,9H2,(H,12,17). The van der Waals surface area contributed by atoms with Crippen molar-refractivity contribution in [3.05, 3.63) is 49.1 Å².